The third kappa shape index (κ3) is 5.43. The van der Waals surface area contributed by atoms with Gasteiger partial charge in [0.25, 0.3) is 0 Å². The lowest BCUT2D eigenvalue weighted by Gasteiger charge is -2.28. The maximum atomic E-state index is 13.4. The maximum Gasteiger partial charge on any atom is 0.233 e. The van der Waals surface area contributed by atoms with Crippen molar-refractivity contribution in [3.05, 3.63) is 75.9 Å². The van der Waals surface area contributed by atoms with Crippen molar-refractivity contribution in [2.45, 2.75) is 65.2 Å². The van der Waals surface area contributed by atoms with Gasteiger partial charge in [0.1, 0.15) is 4.83 Å². The molecule has 0 spiro atoms. The highest BCUT2D eigenvalue weighted by Crippen LogP contribution is 2.43. The Morgan fingerprint density at radius 3 is 2.47 bits per heavy atom. The van der Waals surface area contributed by atoms with Gasteiger partial charge in [0.15, 0.2) is 0 Å². The molecule has 1 fully saturated rings. The number of hydrogen-bond acceptors (Lipinski definition) is 4. The molecule has 5 nitrogen and oxygen atoms in total. The molecule has 1 amide bonds. The van der Waals surface area contributed by atoms with E-state index in [9.17, 15) is 4.79 Å². The number of likely N-dealkylation sites (tertiary alicyclic amines) is 1. The van der Waals surface area contributed by atoms with E-state index >= 15 is 0 Å². The Morgan fingerprint density at radius 2 is 1.79 bits per heavy atom. The molecular weight excluding hydrogens is 488 g/mol. The van der Waals surface area contributed by atoms with Crippen LogP contribution >= 0.6 is 11.3 Å². The third-order valence-corrected chi connectivity index (χ3v) is 9.24. The number of aryl methyl sites for hydroxylation is 2. The molecule has 6 heteroatoms. The summed E-state index contributed by atoms with van der Waals surface area (Å²) in [6, 6.07) is 13.2. The summed E-state index contributed by atoms with van der Waals surface area (Å²) < 4.78 is 0. The molecular formula is C32H40N4OS. The Hall–Kier alpha value is -2.96. The number of hydrogen-bond donors (Lipinski definition) is 2. The van der Waals surface area contributed by atoms with Crippen LogP contribution in [0.25, 0.3) is 21.5 Å². The van der Waals surface area contributed by atoms with Gasteiger partial charge in [0.2, 0.25) is 5.91 Å². The summed E-state index contributed by atoms with van der Waals surface area (Å²) in [5.41, 5.74) is 7.09. The van der Waals surface area contributed by atoms with Crippen molar-refractivity contribution in [2.24, 2.45) is 0 Å². The number of amides is 1. The van der Waals surface area contributed by atoms with E-state index in [0.717, 1.165) is 55.1 Å². The average Bonchev–Trinajstić information content (AvgIpc) is 3.63. The molecule has 3 aromatic heterocycles. The SMILES string of the molecule is Cc1cc(C)cc(-c2[nH]c3sc(C(C)(C)C(=O)N4CCCC4)cc3c2[C@H](C)CNCCc2ccncc2)c1. The molecule has 5 rings (SSSR count). The van der Waals surface area contributed by atoms with Crippen molar-refractivity contribution < 1.29 is 4.79 Å². The smallest absolute Gasteiger partial charge is 0.233 e. The van der Waals surface area contributed by atoms with Crippen LogP contribution < -0.4 is 5.32 Å². The summed E-state index contributed by atoms with van der Waals surface area (Å²) in [6.45, 7) is 14.4. The number of fused-ring (bicyclic) bond motifs is 1. The lowest BCUT2D eigenvalue weighted by atomic mass is 9.88. The van der Waals surface area contributed by atoms with E-state index < -0.39 is 5.41 Å². The molecule has 0 unspecified atom stereocenters. The van der Waals surface area contributed by atoms with E-state index in [-0.39, 0.29) is 5.91 Å². The van der Waals surface area contributed by atoms with Crippen molar-refractivity contribution in [1.82, 2.24) is 20.2 Å². The summed E-state index contributed by atoms with van der Waals surface area (Å²) >= 11 is 1.74. The fourth-order valence-electron chi connectivity index (χ4n) is 5.79. The minimum Gasteiger partial charge on any atom is -0.346 e. The van der Waals surface area contributed by atoms with Gasteiger partial charge in [-0.2, -0.15) is 0 Å². The number of pyridine rings is 1. The van der Waals surface area contributed by atoms with Gasteiger partial charge in [-0.3, -0.25) is 9.78 Å². The van der Waals surface area contributed by atoms with E-state index in [2.05, 4.69) is 86.3 Å². The first kappa shape index (κ1) is 26.6. The number of benzene rings is 1. The van der Waals surface area contributed by atoms with Crippen LogP contribution in [0.2, 0.25) is 0 Å². The number of H-pyrrole nitrogens is 1. The summed E-state index contributed by atoms with van der Waals surface area (Å²) in [4.78, 5) is 25.7. The van der Waals surface area contributed by atoms with Crippen LogP contribution in [0.4, 0.5) is 0 Å². The maximum absolute atomic E-state index is 13.4. The second-order valence-electron chi connectivity index (χ2n) is 11.5. The topological polar surface area (TPSA) is 61.0 Å². The summed E-state index contributed by atoms with van der Waals surface area (Å²) in [6.07, 6.45) is 6.92. The number of aromatic nitrogens is 2. The zero-order chi connectivity index (χ0) is 26.9. The number of nitrogens with one attached hydrogen (secondary N) is 2. The molecule has 200 valence electrons. The van der Waals surface area contributed by atoms with Crippen LogP contribution in [0.5, 0.6) is 0 Å². The quantitative estimate of drug-likeness (QED) is 0.236. The van der Waals surface area contributed by atoms with E-state index in [1.807, 2.05) is 17.3 Å². The molecule has 1 saturated heterocycles. The van der Waals surface area contributed by atoms with Crippen molar-refractivity contribution in [1.29, 1.82) is 0 Å². The van der Waals surface area contributed by atoms with Gasteiger partial charge < -0.3 is 15.2 Å². The fourth-order valence-corrected chi connectivity index (χ4v) is 6.96. The molecule has 4 heterocycles. The first-order valence-corrected chi connectivity index (χ1v) is 14.7. The number of aromatic amines is 1. The van der Waals surface area contributed by atoms with E-state index in [1.165, 1.54) is 38.9 Å². The molecule has 2 N–H and O–H groups in total. The number of carbonyl (C=O) groups excluding carboxylic acids is 1. The largest absolute Gasteiger partial charge is 0.346 e. The minimum absolute atomic E-state index is 0.251. The molecule has 1 aliphatic heterocycles. The molecule has 4 aromatic rings. The van der Waals surface area contributed by atoms with Crippen LogP contribution in [0.1, 0.15) is 66.7 Å². The van der Waals surface area contributed by atoms with E-state index in [1.54, 1.807) is 11.3 Å². The number of nitrogens with zero attached hydrogens (tertiary/aromatic N) is 2. The van der Waals surface area contributed by atoms with Gasteiger partial charge >= 0.3 is 0 Å². The lowest BCUT2D eigenvalue weighted by Crippen LogP contribution is -2.41. The third-order valence-electron chi connectivity index (χ3n) is 7.87. The highest BCUT2D eigenvalue weighted by Gasteiger charge is 2.37. The zero-order valence-electron chi connectivity index (χ0n) is 23.4. The molecule has 1 aliphatic rings. The molecule has 0 radical (unpaired) electrons. The van der Waals surface area contributed by atoms with Gasteiger partial charge in [-0.1, -0.05) is 24.1 Å². The Kier molecular flexibility index (Phi) is 7.73. The normalized spacial score (nSPS) is 14.9. The molecule has 1 aromatic carbocycles. The predicted octanol–water partition coefficient (Wildman–Crippen LogP) is 6.74. The van der Waals surface area contributed by atoms with Crippen molar-refractivity contribution in [2.75, 3.05) is 26.2 Å². The molecule has 0 saturated carbocycles. The highest BCUT2D eigenvalue weighted by molar-refractivity contribution is 7.19. The monoisotopic (exact) mass is 528 g/mol. The molecule has 0 aliphatic carbocycles. The first-order chi connectivity index (χ1) is 18.2. The summed E-state index contributed by atoms with van der Waals surface area (Å²) in [7, 11) is 0. The van der Waals surface area contributed by atoms with Crippen LogP contribution in [-0.2, 0) is 16.6 Å². The molecule has 38 heavy (non-hydrogen) atoms. The lowest BCUT2D eigenvalue weighted by molar-refractivity contribution is -0.135. The van der Waals surface area contributed by atoms with Gasteiger partial charge in [0.05, 0.1) is 11.1 Å². The Bertz CT molecular complexity index is 1390. The van der Waals surface area contributed by atoms with Crippen molar-refractivity contribution >= 4 is 27.5 Å². The van der Waals surface area contributed by atoms with E-state index in [0.29, 0.717) is 5.92 Å². The standard InChI is InChI=1S/C32H40N4OS/c1-21-16-22(2)18-25(17-21)29-28(23(3)20-34-13-10-24-8-11-33-12-9-24)26-19-27(38-30(26)35-29)32(4,5)31(37)36-14-6-7-15-36/h8-9,11-12,16-19,23,34-35H,6-7,10,13-15,20H2,1-5H3/t23-/m1/s1. The Balaban J connectivity index is 1.46. The average molecular weight is 529 g/mol. The van der Waals surface area contributed by atoms with Crippen LogP contribution in [0.3, 0.4) is 0 Å². The number of rotatable bonds is 9. The van der Waals surface area contributed by atoms with Crippen LogP contribution in [0.15, 0.2) is 48.8 Å². The van der Waals surface area contributed by atoms with Crippen molar-refractivity contribution in [3.8, 4) is 11.3 Å². The Morgan fingerprint density at radius 1 is 1.11 bits per heavy atom. The molecule has 0 bridgehead atoms. The predicted molar refractivity (Wildman–Crippen MR) is 159 cm³/mol. The highest BCUT2D eigenvalue weighted by atomic mass is 32.1. The Labute approximate surface area is 230 Å². The van der Waals surface area contributed by atoms with Gasteiger partial charge in [-0.15, -0.1) is 11.3 Å². The number of carbonyl (C=O) groups is 1. The summed E-state index contributed by atoms with van der Waals surface area (Å²) in [5.74, 6) is 0.553. The second-order valence-corrected chi connectivity index (χ2v) is 12.5. The molecule has 1 atom stereocenters. The second kappa shape index (κ2) is 11.0. The zero-order valence-corrected chi connectivity index (χ0v) is 24.2. The van der Waals surface area contributed by atoms with Gasteiger partial charge in [-0.25, -0.2) is 0 Å². The number of thiophene rings is 1. The van der Waals surface area contributed by atoms with Crippen LogP contribution in [-0.4, -0.2) is 47.0 Å². The van der Waals surface area contributed by atoms with Crippen LogP contribution in [0, 0.1) is 13.8 Å². The minimum atomic E-state index is -0.530. The fraction of sp³-hybridized carbons (Fsp3) is 0.438. The first-order valence-electron chi connectivity index (χ1n) is 13.9. The van der Waals surface area contributed by atoms with Gasteiger partial charge in [0, 0.05) is 42.3 Å². The van der Waals surface area contributed by atoms with Gasteiger partial charge in [-0.05, 0) is 106 Å². The van der Waals surface area contributed by atoms with Crippen molar-refractivity contribution in [3.63, 3.8) is 0 Å². The summed E-state index contributed by atoms with van der Waals surface area (Å²) in [5, 5.41) is 4.94. The van der Waals surface area contributed by atoms with E-state index in [4.69, 9.17) is 0 Å².